The molecule has 0 aliphatic carbocycles. The van der Waals surface area contributed by atoms with Crippen LogP contribution in [0, 0.1) is 0 Å². The van der Waals surface area contributed by atoms with Crippen molar-refractivity contribution >= 4 is 27.5 Å². The Morgan fingerprint density at radius 3 is 2.68 bits per heavy atom. The number of primary sulfonamides is 1. The second kappa shape index (κ2) is 6.74. The van der Waals surface area contributed by atoms with Crippen LogP contribution >= 0.6 is 11.6 Å². The molecular formula is C11H15ClN2O4S. The first-order chi connectivity index (χ1) is 8.84. The van der Waals surface area contributed by atoms with Crippen molar-refractivity contribution < 1.29 is 17.9 Å². The fraction of sp³-hybridized carbons (Fsp3) is 0.364. The lowest BCUT2D eigenvalue weighted by Gasteiger charge is -2.09. The average Bonchev–Trinajstić information content (AvgIpc) is 2.30. The molecule has 1 amide bonds. The lowest BCUT2D eigenvalue weighted by molar-refractivity contribution is -0.121. The maximum absolute atomic E-state index is 11.2. The molecule has 0 spiro atoms. The lowest BCUT2D eigenvalue weighted by Crippen LogP contribution is -2.24. The highest BCUT2D eigenvalue weighted by Crippen LogP contribution is 2.26. The second-order valence-corrected chi connectivity index (χ2v) is 5.66. The molecule has 0 fully saturated rings. The van der Waals surface area contributed by atoms with E-state index in [4.69, 9.17) is 21.5 Å². The quantitative estimate of drug-likeness (QED) is 0.815. The molecule has 0 unspecified atom stereocenters. The highest BCUT2D eigenvalue weighted by Gasteiger charge is 2.11. The lowest BCUT2D eigenvalue weighted by atomic mass is 10.3. The van der Waals surface area contributed by atoms with Gasteiger partial charge in [0.2, 0.25) is 15.9 Å². The highest BCUT2D eigenvalue weighted by atomic mass is 35.5. The Hall–Kier alpha value is -1.31. The van der Waals surface area contributed by atoms with Gasteiger partial charge in [-0.2, -0.15) is 0 Å². The van der Waals surface area contributed by atoms with Gasteiger partial charge in [-0.15, -0.1) is 0 Å². The number of hydrogen-bond donors (Lipinski definition) is 2. The standard InChI is InChI=1S/C11H15ClN2O4S/c1-2-14-11(15)5-6-18-10-4-3-8(7-9(10)12)19(13,16)17/h3-4,7H,2,5-6H2,1H3,(H,14,15)(H2,13,16,17). The zero-order chi connectivity index (χ0) is 14.5. The Morgan fingerprint density at radius 1 is 1.47 bits per heavy atom. The van der Waals surface area contributed by atoms with Gasteiger partial charge < -0.3 is 10.1 Å². The van der Waals surface area contributed by atoms with Crippen LogP contribution in [-0.2, 0) is 14.8 Å². The summed E-state index contributed by atoms with van der Waals surface area (Å²) in [6.45, 7) is 2.53. The second-order valence-electron chi connectivity index (χ2n) is 3.69. The molecule has 0 saturated heterocycles. The van der Waals surface area contributed by atoms with Gasteiger partial charge in [0.15, 0.2) is 0 Å². The Balaban J connectivity index is 2.64. The molecule has 19 heavy (non-hydrogen) atoms. The van der Waals surface area contributed by atoms with Crippen molar-refractivity contribution in [2.75, 3.05) is 13.2 Å². The van der Waals surface area contributed by atoms with Crippen molar-refractivity contribution in [3.05, 3.63) is 23.2 Å². The molecule has 1 rings (SSSR count). The Morgan fingerprint density at radius 2 is 2.16 bits per heavy atom. The van der Waals surface area contributed by atoms with Crippen LogP contribution in [0.25, 0.3) is 0 Å². The third-order valence-electron chi connectivity index (χ3n) is 2.19. The number of hydrogen-bond acceptors (Lipinski definition) is 4. The van der Waals surface area contributed by atoms with Crippen LogP contribution in [0.1, 0.15) is 13.3 Å². The normalized spacial score (nSPS) is 11.1. The minimum absolute atomic E-state index is 0.0893. The van der Waals surface area contributed by atoms with Crippen molar-refractivity contribution in [1.82, 2.24) is 5.32 Å². The number of ether oxygens (including phenoxy) is 1. The molecule has 3 N–H and O–H groups in total. The van der Waals surface area contributed by atoms with Crippen molar-refractivity contribution in [2.45, 2.75) is 18.2 Å². The Bertz CT molecular complexity index is 560. The number of rotatable bonds is 6. The molecule has 106 valence electrons. The monoisotopic (exact) mass is 306 g/mol. The van der Waals surface area contributed by atoms with E-state index in [9.17, 15) is 13.2 Å². The molecule has 0 saturated carbocycles. The van der Waals surface area contributed by atoms with Gasteiger partial charge in [0.05, 0.1) is 22.9 Å². The SMILES string of the molecule is CCNC(=O)CCOc1ccc(S(N)(=O)=O)cc1Cl. The summed E-state index contributed by atoms with van der Waals surface area (Å²) in [5, 5.41) is 7.72. The average molecular weight is 307 g/mol. The number of nitrogens with two attached hydrogens (primary N) is 1. The summed E-state index contributed by atoms with van der Waals surface area (Å²) >= 11 is 5.87. The van der Waals surface area contributed by atoms with Gasteiger partial charge in [0.25, 0.3) is 0 Å². The molecule has 0 atom stereocenters. The van der Waals surface area contributed by atoms with E-state index in [1.807, 2.05) is 6.92 Å². The Kier molecular flexibility index (Phi) is 5.59. The first-order valence-corrected chi connectivity index (χ1v) is 7.49. The smallest absolute Gasteiger partial charge is 0.238 e. The summed E-state index contributed by atoms with van der Waals surface area (Å²) in [6, 6.07) is 3.90. The molecule has 8 heteroatoms. The number of carbonyl (C=O) groups is 1. The molecule has 1 aromatic rings. The third kappa shape index (κ3) is 5.06. The zero-order valence-corrected chi connectivity index (χ0v) is 11.9. The van der Waals surface area contributed by atoms with E-state index in [2.05, 4.69) is 5.32 Å². The maximum Gasteiger partial charge on any atom is 0.238 e. The number of halogens is 1. The van der Waals surface area contributed by atoms with Gasteiger partial charge in [0, 0.05) is 6.54 Å². The predicted molar refractivity (Wildman–Crippen MR) is 71.6 cm³/mol. The molecule has 0 heterocycles. The van der Waals surface area contributed by atoms with Gasteiger partial charge in [-0.3, -0.25) is 4.79 Å². The van der Waals surface area contributed by atoms with Crippen molar-refractivity contribution in [1.29, 1.82) is 0 Å². The predicted octanol–water partition coefficient (Wildman–Crippen LogP) is 0.892. The zero-order valence-electron chi connectivity index (χ0n) is 10.3. The molecule has 0 aliphatic heterocycles. The van der Waals surface area contributed by atoms with E-state index in [-0.39, 0.29) is 28.9 Å². The van der Waals surface area contributed by atoms with E-state index in [0.29, 0.717) is 12.3 Å². The van der Waals surface area contributed by atoms with Crippen LogP contribution in [0.5, 0.6) is 5.75 Å². The molecule has 0 aromatic heterocycles. The van der Waals surface area contributed by atoms with Gasteiger partial charge >= 0.3 is 0 Å². The summed E-state index contributed by atoms with van der Waals surface area (Å²) in [5.41, 5.74) is 0. The van der Waals surface area contributed by atoms with Gasteiger partial charge in [-0.25, -0.2) is 13.6 Å². The summed E-state index contributed by atoms with van der Waals surface area (Å²) in [7, 11) is -3.79. The molecular weight excluding hydrogens is 292 g/mol. The van der Waals surface area contributed by atoms with E-state index in [0.717, 1.165) is 0 Å². The van der Waals surface area contributed by atoms with Crippen LogP contribution in [0.15, 0.2) is 23.1 Å². The summed E-state index contributed by atoms with van der Waals surface area (Å²) < 4.78 is 27.5. The van der Waals surface area contributed by atoms with Crippen LogP contribution in [-0.4, -0.2) is 27.5 Å². The first-order valence-electron chi connectivity index (χ1n) is 5.56. The van der Waals surface area contributed by atoms with E-state index < -0.39 is 10.0 Å². The fourth-order valence-electron chi connectivity index (χ4n) is 1.31. The maximum atomic E-state index is 11.2. The first kappa shape index (κ1) is 15.7. The molecule has 0 aliphatic rings. The highest BCUT2D eigenvalue weighted by molar-refractivity contribution is 7.89. The van der Waals surface area contributed by atoms with Crippen LogP contribution in [0.2, 0.25) is 5.02 Å². The van der Waals surface area contributed by atoms with Gasteiger partial charge in [-0.05, 0) is 25.1 Å². The van der Waals surface area contributed by atoms with Crippen LogP contribution < -0.4 is 15.2 Å². The molecule has 0 radical (unpaired) electrons. The fourth-order valence-corrected chi connectivity index (χ4v) is 2.15. The van der Waals surface area contributed by atoms with E-state index in [1.54, 1.807) is 0 Å². The van der Waals surface area contributed by atoms with Gasteiger partial charge in [0.1, 0.15) is 5.75 Å². The molecule has 1 aromatic carbocycles. The number of sulfonamides is 1. The summed E-state index contributed by atoms with van der Waals surface area (Å²) in [6.07, 6.45) is 0.196. The van der Waals surface area contributed by atoms with Crippen LogP contribution in [0.4, 0.5) is 0 Å². The van der Waals surface area contributed by atoms with E-state index in [1.165, 1.54) is 18.2 Å². The Labute approximate surface area is 116 Å². The van der Waals surface area contributed by atoms with Gasteiger partial charge in [-0.1, -0.05) is 11.6 Å². The van der Waals surface area contributed by atoms with Crippen molar-refractivity contribution in [3.63, 3.8) is 0 Å². The topological polar surface area (TPSA) is 98.5 Å². The number of amides is 1. The number of nitrogens with one attached hydrogen (secondary N) is 1. The number of benzene rings is 1. The summed E-state index contributed by atoms with van der Waals surface area (Å²) in [4.78, 5) is 11.1. The minimum Gasteiger partial charge on any atom is -0.491 e. The third-order valence-corrected chi connectivity index (χ3v) is 3.40. The van der Waals surface area contributed by atoms with Crippen molar-refractivity contribution in [2.24, 2.45) is 5.14 Å². The van der Waals surface area contributed by atoms with Crippen LogP contribution in [0.3, 0.4) is 0 Å². The van der Waals surface area contributed by atoms with E-state index >= 15 is 0 Å². The largest absolute Gasteiger partial charge is 0.491 e. The molecule has 0 bridgehead atoms. The number of carbonyl (C=O) groups excluding carboxylic acids is 1. The minimum atomic E-state index is -3.79. The van der Waals surface area contributed by atoms with Crippen molar-refractivity contribution in [3.8, 4) is 5.75 Å². The summed E-state index contributed by atoms with van der Waals surface area (Å²) in [5.74, 6) is 0.179. The molecule has 6 nitrogen and oxygen atoms in total.